The van der Waals surface area contributed by atoms with Gasteiger partial charge in [0.15, 0.2) is 11.5 Å². The number of carbonyl (C=O) groups excluding carboxylic acids is 2. The Bertz CT molecular complexity index is 1070. The number of Topliss-reactive ketones (excluding diaryl/α,β-unsaturated/α-hetero) is 1. The van der Waals surface area contributed by atoms with Crippen molar-refractivity contribution in [2.45, 2.75) is 19.9 Å². The van der Waals surface area contributed by atoms with Crippen LogP contribution in [0.3, 0.4) is 0 Å². The molecule has 0 aliphatic carbocycles. The first-order valence-electron chi connectivity index (χ1n) is 10.7. The molecule has 0 radical (unpaired) electrons. The Kier molecular flexibility index (Phi) is 7.43. The van der Waals surface area contributed by atoms with Gasteiger partial charge in [-0.2, -0.15) is 0 Å². The normalized spacial score (nSPS) is 17.4. The number of aliphatic hydroxyl groups is 1. The van der Waals surface area contributed by atoms with Gasteiger partial charge in [0.1, 0.15) is 18.1 Å². The molecular formula is C26H29NO6. The minimum atomic E-state index is -0.774. The summed E-state index contributed by atoms with van der Waals surface area (Å²) >= 11 is 0. The molecule has 1 aliphatic heterocycles. The predicted molar refractivity (Wildman–Crippen MR) is 126 cm³/mol. The number of carbonyl (C=O) groups is 2. The van der Waals surface area contributed by atoms with Gasteiger partial charge in [0.2, 0.25) is 0 Å². The van der Waals surface area contributed by atoms with Gasteiger partial charge >= 0.3 is 0 Å². The topological polar surface area (TPSA) is 85.3 Å². The predicted octanol–water partition coefficient (Wildman–Crippen LogP) is 4.35. The molecule has 3 rings (SSSR count). The van der Waals surface area contributed by atoms with Gasteiger partial charge in [-0.3, -0.25) is 9.59 Å². The third kappa shape index (κ3) is 5.03. The highest BCUT2D eigenvalue weighted by molar-refractivity contribution is 6.46. The van der Waals surface area contributed by atoms with Gasteiger partial charge < -0.3 is 24.2 Å². The van der Waals surface area contributed by atoms with Crippen molar-refractivity contribution in [2.75, 3.05) is 27.4 Å². The molecule has 174 valence electrons. The number of aliphatic hydroxyl groups excluding tert-OH is 1. The number of likely N-dealkylation sites (tertiary alicyclic amines) is 1. The first-order valence-corrected chi connectivity index (χ1v) is 10.7. The lowest BCUT2D eigenvalue weighted by Gasteiger charge is -2.22. The summed E-state index contributed by atoms with van der Waals surface area (Å²) in [7, 11) is 3.04. The molecule has 1 amide bonds. The number of hydrogen-bond acceptors (Lipinski definition) is 6. The van der Waals surface area contributed by atoms with Crippen LogP contribution in [0.1, 0.15) is 31.0 Å². The number of nitrogens with zero attached hydrogens (tertiary/aromatic N) is 1. The molecule has 7 nitrogen and oxygen atoms in total. The van der Waals surface area contributed by atoms with E-state index in [9.17, 15) is 14.7 Å². The summed E-state index contributed by atoms with van der Waals surface area (Å²) in [5.74, 6) is 0.308. The van der Waals surface area contributed by atoms with Crippen LogP contribution in [0.25, 0.3) is 5.76 Å². The minimum absolute atomic E-state index is 0.0140. The molecule has 0 spiro atoms. The zero-order valence-electron chi connectivity index (χ0n) is 19.3. The van der Waals surface area contributed by atoms with E-state index < -0.39 is 17.7 Å². The van der Waals surface area contributed by atoms with Crippen molar-refractivity contribution in [3.8, 4) is 17.2 Å². The third-order valence-electron chi connectivity index (χ3n) is 5.25. The van der Waals surface area contributed by atoms with E-state index in [1.165, 1.54) is 19.1 Å². The van der Waals surface area contributed by atoms with E-state index in [1.54, 1.807) is 48.5 Å². The van der Waals surface area contributed by atoms with Crippen molar-refractivity contribution in [1.82, 2.24) is 4.90 Å². The maximum Gasteiger partial charge on any atom is 0.295 e. The Hall–Kier alpha value is -3.74. The zero-order chi connectivity index (χ0) is 24.1. The smallest absolute Gasteiger partial charge is 0.295 e. The maximum atomic E-state index is 12.8. The number of methoxy groups -OCH3 is 1. The average molecular weight is 452 g/mol. The second-order valence-electron chi connectivity index (χ2n) is 8.15. The molecule has 2 aromatic carbocycles. The van der Waals surface area contributed by atoms with Gasteiger partial charge in [-0.25, -0.2) is 0 Å². The molecule has 1 aliphatic rings. The summed E-state index contributed by atoms with van der Waals surface area (Å²) < 4.78 is 16.7. The van der Waals surface area contributed by atoms with E-state index in [2.05, 4.69) is 20.4 Å². The van der Waals surface area contributed by atoms with E-state index in [0.29, 0.717) is 47.5 Å². The molecule has 2 aromatic rings. The minimum Gasteiger partial charge on any atom is -0.507 e. The molecule has 1 heterocycles. The summed E-state index contributed by atoms with van der Waals surface area (Å²) in [4.78, 5) is 26.7. The Morgan fingerprint density at radius 2 is 1.82 bits per heavy atom. The Labute approximate surface area is 193 Å². The van der Waals surface area contributed by atoms with Crippen LogP contribution >= 0.6 is 0 Å². The van der Waals surface area contributed by atoms with Crippen molar-refractivity contribution in [1.29, 1.82) is 0 Å². The van der Waals surface area contributed by atoms with Gasteiger partial charge in [-0.1, -0.05) is 32.6 Å². The van der Waals surface area contributed by atoms with E-state index in [4.69, 9.17) is 14.2 Å². The highest BCUT2D eigenvalue weighted by Gasteiger charge is 2.44. The standard InChI is InChI=1S/C26H29NO6/c1-6-13-32-20-12-9-18(14-21(20)31-5)23-22(25(29)26(30)27(23)4)24(28)17-7-10-19(11-8-17)33-15-16(2)3/h6-12,14,16,23,28H,1,13,15H2,2-5H3/t23-/m1/s1. The van der Waals surface area contributed by atoms with Crippen molar-refractivity contribution in [3.05, 3.63) is 71.8 Å². The maximum absolute atomic E-state index is 12.8. The monoisotopic (exact) mass is 451 g/mol. The van der Waals surface area contributed by atoms with Crippen LogP contribution in [-0.4, -0.2) is 49.1 Å². The molecule has 1 atom stereocenters. The average Bonchev–Trinajstić information content (AvgIpc) is 3.05. The van der Waals surface area contributed by atoms with Crippen LogP contribution in [0.2, 0.25) is 0 Å². The fourth-order valence-corrected chi connectivity index (χ4v) is 3.59. The van der Waals surface area contributed by atoms with E-state index in [-0.39, 0.29) is 11.3 Å². The Balaban J connectivity index is 2.00. The second-order valence-corrected chi connectivity index (χ2v) is 8.15. The van der Waals surface area contributed by atoms with E-state index in [1.807, 2.05) is 0 Å². The summed E-state index contributed by atoms with van der Waals surface area (Å²) in [5, 5.41) is 11.0. The molecule has 7 heteroatoms. The Morgan fingerprint density at radius 3 is 2.42 bits per heavy atom. The highest BCUT2D eigenvalue weighted by Crippen LogP contribution is 2.41. The van der Waals surface area contributed by atoms with Crippen LogP contribution in [0.4, 0.5) is 0 Å². The van der Waals surface area contributed by atoms with Gasteiger partial charge in [0.05, 0.1) is 25.3 Å². The molecule has 33 heavy (non-hydrogen) atoms. The molecule has 1 saturated heterocycles. The lowest BCUT2D eigenvalue weighted by Crippen LogP contribution is -2.24. The summed E-state index contributed by atoms with van der Waals surface area (Å²) in [6.45, 7) is 8.61. The largest absolute Gasteiger partial charge is 0.507 e. The number of hydrogen-bond donors (Lipinski definition) is 1. The van der Waals surface area contributed by atoms with Crippen LogP contribution in [-0.2, 0) is 9.59 Å². The summed E-state index contributed by atoms with van der Waals surface area (Å²) in [5.41, 5.74) is 1.04. The van der Waals surface area contributed by atoms with Crippen LogP contribution in [0.15, 0.2) is 60.7 Å². The van der Waals surface area contributed by atoms with Gasteiger partial charge in [-0.05, 0) is 47.9 Å². The number of benzene rings is 2. The molecular weight excluding hydrogens is 422 g/mol. The molecule has 1 fully saturated rings. The SMILES string of the molecule is C=CCOc1ccc([C@@H]2C(=C(O)c3ccc(OCC(C)C)cc3)C(=O)C(=O)N2C)cc1OC. The number of likely N-dealkylation sites (N-methyl/N-ethyl adjacent to an activating group) is 1. The van der Waals surface area contributed by atoms with Crippen LogP contribution < -0.4 is 14.2 Å². The molecule has 0 bridgehead atoms. The highest BCUT2D eigenvalue weighted by atomic mass is 16.5. The lowest BCUT2D eigenvalue weighted by molar-refractivity contribution is -0.139. The van der Waals surface area contributed by atoms with Crippen LogP contribution in [0.5, 0.6) is 17.2 Å². The van der Waals surface area contributed by atoms with Crippen molar-refractivity contribution in [2.24, 2.45) is 5.92 Å². The van der Waals surface area contributed by atoms with Crippen molar-refractivity contribution in [3.63, 3.8) is 0 Å². The van der Waals surface area contributed by atoms with E-state index in [0.717, 1.165) is 0 Å². The summed E-state index contributed by atoms with van der Waals surface area (Å²) in [6.07, 6.45) is 1.62. The molecule has 0 saturated carbocycles. The molecule has 0 aromatic heterocycles. The number of rotatable bonds is 9. The second kappa shape index (κ2) is 10.3. The quantitative estimate of drug-likeness (QED) is 0.264. The summed E-state index contributed by atoms with van der Waals surface area (Å²) in [6, 6.07) is 11.1. The van der Waals surface area contributed by atoms with E-state index >= 15 is 0 Å². The Morgan fingerprint density at radius 1 is 1.12 bits per heavy atom. The first-order chi connectivity index (χ1) is 15.8. The van der Waals surface area contributed by atoms with Gasteiger partial charge in [-0.15, -0.1) is 0 Å². The lowest BCUT2D eigenvalue weighted by atomic mass is 9.95. The fourth-order valence-electron chi connectivity index (χ4n) is 3.59. The fraction of sp³-hybridized carbons (Fsp3) is 0.308. The molecule has 0 unspecified atom stereocenters. The van der Waals surface area contributed by atoms with Gasteiger partial charge in [0.25, 0.3) is 11.7 Å². The van der Waals surface area contributed by atoms with Crippen molar-refractivity contribution < 1.29 is 28.9 Å². The number of amides is 1. The molecule has 1 N–H and O–H groups in total. The number of ether oxygens (including phenoxy) is 3. The van der Waals surface area contributed by atoms with Crippen LogP contribution in [0, 0.1) is 5.92 Å². The first kappa shape index (κ1) is 23.9. The third-order valence-corrected chi connectivity index (χ3v) is 5.25. The van der Waals surface area contributed by atoms with Crippen molar-refractivity contribution >= 4 is 17.4 Å². The zero-order valence-corrected chi connectivity index (χ0v) is 19.3. The number of ketones is 1. The van der Waals surface area contributed by atoms with Gasteiger partial charge in [0, 0.05) is 12.6 Å².